The van der Waals surface area contributed by atoms with Crippen LogP contribution >= 0.6 is 0 Å². The summed E-state index contributed by atoms with van der Waals surface area (Å²) in [6.45, 7) is 0.621. The van der Waals surface area contributed by atoms with E-state index in [4.69, 9.17) is 4.42 Å². The third-order valence-corrected chi connectivity index (χ3v) is 2.91. The quantitative estimate of drug-likeness (QED) is 0.815. The SMILES string of the molecule is CN1Cc2cc(-c3ccco3)ccc2NC1=O. The van der Waals surface area contributed by atoms with E-state index in [1.54, 1.807) is 18.2 Å². The Morgan fingerprint density at radius 2 is 2.24 bits per heavy atom. The Labute approximate surface area is 98.8 Å². The predicted molar refractivity (Wildman–Crippen MR) is 64.6 cm³/mol. The Morgan fingerprint density at radius 3 is 3.00 bits per heavy atom. The van der Waals surface area contributed by atoms with E-state index in [0.717, 1.165) is 22.6 Å². The minimum absolute atomic E-state index is 0.0664. The van der Waals surface area contributed by atoms with E-state index < -0.39 is 0 Å². The van der Waals surface area contributed by atoms with E-state index >= 15 is 0 Å². The highest BCUT2D eigenvalue weighted by molar-refractivity contribution is 5.92. The third kappa shape index (κ3) is 1.67. The number of nitrogens with zero attached hydrogens (tertiary/aromatic N) is 1. The van der Waals surface area contributed by atoms with Crippen LogP contribution in [0.15, 0.2) is 41.0 Å². The Hall–Kier alpha value is -2.23. The molecular weight excluding hydrogens is 216 g/mol. The van der Waals surface area contributed by atoms with Gasteiger partial charge in [-0.15, -0.1) is 0 Å². The first kappa shape index (κ1) is 9.96. The zero-order valence-electron chi connectivity index (χ0n) is 9.43. The van der Waals surface area contributed by atoms with Gasteiger partial charge in [0.2, 0.25) is 0 Å². The molecule has 0 saturated carbocycles. The number of fused-ring (bicyclic) bond motifs is 1. The van der Waals surface area contributed by atoms with Crippen molar-refractivity contribution in [2.75, 3.05) is 12.4 Å². The van der Waals surface area contributed by atoms with Gasteiger partial charge in [0.1, 0.15) is 5.76 Å². The second-order valence-corrected chi connectivity index (χ2v) is 4.14. The van der Waals surface area contributed by atoms with Gasteiger partial charge >= 0.3 is 6.03 Å². The zero-order valence-corrected chi connectivity index (χ0v) is 9.43. The number of amides is 2. The number of carbonyl (C=O) groups is 1. The number of hydrogen-bond acceptors (Lipinski definition) is 2. The number of benzene rings is 1. The fourth-order valence-electron chi connectivity index (χ4n) is 1.98. The molecule has 4 heteroatoms. The molecule has 0 fully saturated rings. The molecule has 1 N–H and O–H groups in total. The first-order valence-electron chi connectivity index (χ1n) is 5.43. The molecule has 0 unspecified atom stereocenters. The highest BCUT2D eigenvalue weighted by Gasteiger charge is 2.19. The van der Waals surface area contributed by atoms with Crippen LogP contribution in [0.3, 0.4) is 0 Å². The van der Waals surface area contributed by atoms with Crippen molar-refractivity contribution in [2.45, 2.75) is 6.54 Å². The predicted octanol–water partition coefficient (Wildman–Crippen LogP) is 2.92. The van der Waals surface area contributed by atoms with E-state index in [1.807, 2.05) is 30.3 Å². The first-order valence-corrected chi connectivity index (χ1v) is 5.43. The molecule has 0 spiro atoms. The Bertz CT molecular complexity index is 561. The summed E-state index contributed by atoms with van der Waals surface area (Å²) in [4.78, 5) is 13.1. The van der Waals surface area contributed by atoms with Gasteiger partial charge in [0.05, 0.1) is 6.26 Å². The maximum Gasteiger partial charge on any atom is 0.321 e. The van der Waals surface area contributed by atoms with Crippen LogP contribution in [0, 0.1) is 0 Å². The molecule has 0 aliphatic carbocycles. The van der Waals surface area contributed by atoms with Crippen molar-refractivity contribution < 1.29 is 9.21 Å². The summed E-state index contributed by atoms with van der Waals surface area (Å²) in [7, 11) is 1.78. The molecule has 2 heterocycles. The van der Waals surface area contributed by atoms with Crippen LogP contribution in [0.2, 0.25) is 0 Å². The summed E-state index contributed by atoms with van der Waals surface area (Å²) in [5, 5.41) is 2.84. The molecule has 2 aromatic rings. The van der Waals surface area contributed by atoms with Gasteiger partial charge in [0, 0.05) is 24.8 Å². The normalized spacial score (nSPS) is 14.4. The average molecular weight is 228 g/mol. The lowest BCUT2D eigenvalue weighted by atomic mass is 10.0. The lowest BCUT2D eigenvalue weighted by Gasteiger charge is -2.26. The van der Waals surface area contributed by atoms with Crippen molar-refractivity contribution in [3.05, 3.63) is 42.2 Å². The zero-order chi connectivity index (χ0) is 11.8. The third-order valence-electron chi connectivity index (χ3n) is 2.91. The number of nitrogens with one attached hydrogen (secondary N) is 1. The molecule has 1 aromatic heterocycles. The summed E-state index contributed by atoms with van der Waals surface area (Å²) in [6, 6.07) is 9.63. The topological polar surface area (TPSA) is 45.5 Å². The smallest absolute Gasteiger partial charge is 0.321 e. The molecule has 0 saturated heterocycles. The monoisotopic (exact) mass is 228 g/mol. The summed E-state index contributed by atoms with van der Waals surface area (Å²) in [5.74, 6) is 0.840. The molecule has 1 aromatic carbocycles. The van der Waals surface area contributed by atoms with Gasteiger partial charge in [-0.2, -0.15) is 0 Å². The standard InChI is InChI=1S/C13H12N2O2/c1-15-8-10-7-9(12-3-2-6-17-12)4-5-11(10)14-13(15)16/h2-7H,8H2,1H3,(H,14,16). The number of hydrogen-bond donors (Lipinski definition) is 1. The second-order valence-electron chi connectivity index (χ2n) is 4.14. The number of rotatable bonds is 1. The van der Waals surface area contributed by atoms with E-state index in [0.29, 0.717) is 6.54 Å². The lowest BCUT2D eigenvalue weighted by molar-refractivity contribution is 0.218. The molecule has 17 heavy (non-hydrogen) atoms. The summed E-state index contributed by atoms with van der Waals surface area (Å²) < 4.78 is 5.36. The Kier molecular flexibility index (Phi) is 2.14. The van der Waals surface area contributed by atoms with Crippen molar-refractivity contribution in [1.82, 2.24) is 4.90 Å². The molecule has 0 radical (unpaired) electrons. The molecule has 3 rings (SSSR count). The minimum Gasteiger partial charge on any atom is -0.464 e. The second kappa shape index (κ2) is 3.66. The van der Waals surface area contributed by atoms with Crippen LogP contribution in [0.4, 0.5) is 10.5 Å². The van der Waals surface area contributed by atoms with Crippen molar-refractivity contribution >= 4 is 11.7 Å². The number of urea groups is 1. The van der Waals surface area contributed by atoms with Gasteiger partial charge in [0.25, 0.3) is 0 Å². The van der Waals surface area contributed by atoms with Crippen LogP contribution in [0.25, 0.3) is 11.3 Å². The molecule has 86 valence electrons. The molecule has 1 aliphatic heterocycles. The van der Waals surface area contributed by atoms with E-state index in [2.05, 4.69) is 5.32 Å². The van der Waals surface area contributed by atoms with Crippen LogP contribution in [0.5, 0.6) is 0 Å². The Balaban J connectivity index is 2.02. The highest BCUT2D eigenvalue weighted by Crippen LogP contribution is 2.28. The van der Waals surface area contributed by atoms with E-state index in [1.165, 1.54) is 0 Å². The highest BCUT2D eigenvalue weighted by atomic mass is 16.3. The summed E-state index contributed by atoms with van der Waals surface area (Å²) >= 11 is 0. The number of furan rings is 1. The van der Waals surface area contributed by atoms with Gasteiger partial charge < -0.3 is 14.6 Å². The lowest BCUT2D eigenvalue weighted by Crippen LogP contribution is -2.35. The van der Waals surface area contributed by atoms with Crippen molar-refractivity contribution in [1.29, 1.82) is 0 Å². The number of carbonyl (C=O) groups excluding carboxylic acids is 1. The fraction of sp³-hybridized carbons (Fsp3) is 0.154. The van der Waals surface area contributed by atoms with Gasteiger partial charge in [-0.05, 0) is 35.9 Å². The van der Waals surface area contributed by atoms with Crippen LogP contribution in [0.1, 0.15) is 5.56 Å². The Morgan fingerprint density at radius 1 is 1.35 bits per heavy atom. The van der Waals surface area contributed by atoms with Gasteiger partial charge in [-0.3, -0.25) is 0 Å². The van der Waals surface area contributed by atoms with Crippen molar-refractivity contribution in [3.8, 4) is 11.3 Å². The largest absolute Gasteiger partial charge is 0.464 e. The molecule has 4 nitrogen and oxygen atoms in total. The van der Waals surface area contributed by atoms with Crippen molar-refractivity contribution in [2.24, 2.45) is 0 Å². The summed E-state index contributed by atoms with van der Waals surface area (Å²) in [5.41, 5.74) is 3.00. The average Bonchev–Trinajstić information content (AvgIpc) is 2.83. The van der Waals surface area contributed by atoms with Gasteiger partial charge in [-0.1, -0.05) is 0 Å². The van der Waals surface area contributed by atoms with Crippen molar-refractivity contribution in [3.63, 3.8) is 0 Å². The first-order chi connectivity index (χ1) is 8.24. The summed E-state index contributed by atoms with van der Waals surface area (Å²) in [6.07, 6.45) is 1.66. The van der Waals surface area contributed by atoms with E-state index in [9.17, 15) is 4.79 Å². The number of anilines is 1. The molecule has 2 amide bonds. The fourth-order valence-corrected chi connectivity index (χ4v) is 1.98. The van der Waals surface area contributed by atoms with Gasteiger partial charge in [-0.25, -0.2) is 4.79 Å². The molecule has 1 aliphatic rings. The molecule has 0 atom stereocenters. The van der Waals surface area contributed by atoms with Crippen LogP contribution in [-0.2, 0) is 6.54 Å². The molecule has 0 bridgehead atoms. The van der Waals surface area contributed by atoms with Crippen LogP contribution in [-0.4, -0.2) is 18.0 Å². The minimum atomic E-state index is -0.0664. The maximum absolute atomic E-state index is 11.5. The van der Waals surface area contributed by atoms with Crippen LogP contribution < -0.4 is 5.32 Å². The molecular formula is C13H12N2O2. The maximum atomic E-state index is 11.5. The van der Waals surface area contributed by atoms with E-state index in [-0.39, 0.29) is 6.03 Å². The van der Waals surface area contributed by atoms with Gasteiger partial charge in [0.15, 0.2) is 0 Å².